The summed E-state index contributed by atoms with van der Waals surface area (Å²) in [4.78, 5) is 13.5. The number of fused-ring (bicyclic) bond motifs is 6. The maximum Gasteiger partial charge on any atom is 0.174 e. The molecule has 0 N–H and O–H groups in total. The smallest absolute Gasteiger partial charge is 0.174 e. The molecule has 2 aliphatic heterocycles. The third kappa shape index (κ3) is 2.09. The summed E-state index contributed by atoms with van der Waals surface area (Å²) in [6.07, 6.45) is 8.89. The van der Waals surface area contributed by atoms with Crippen LogP contribution in [0.5, 0.6) is 0 Å². The molecule has 2 saturated heterocycles. The van der Waals surface area contributed by atoms with Crippen LogP contribution < -0.4 is 0 Å². The Hall–Kier alpha value is -0.750. The topological polar surface area (TPSA) is 54.0 Å². The van der Waals surface area contributed by atoms with Gasteiger partial charge in [-0.25, -0.2) is 0 Å². The molecule has 5 heteroatoms. The lowest BCUT2D eigenvalue weighted by Crippen LogP contribution is -2.57. The predicted molar refractivity (Wildman–Crippen MR) is 101 cm³/mol. The van der Waals surface area contributed by atoms with E-state index in [0.717, 1.165) is 44.9 Å². The summed E-state index contributed by atoms with van der Waals surface area (Å²) in [5.74, 6) is 0.313. The van der Waals surface area contributed by atoms with Gasteiger partial charge in [0.2, 0.25) is 0 Å². The van der Waals surface area contributed by atoms with Gasteiger partial charge in [0.15, 0.2) is 17.4 Å². The fourth-order valence-corrected chi connectivity index (χ4v) is 7.98. The molecule has 0 aromatic carbocycles. The maximum atomic E-state index is 13.5. The summed E-state index contributed by atoms with van der Waals surface area (Å²) >= 11 is 0. The lowest BCUT2D eigenvalue weighted by Gasteiger charge is -2.58. The Labute approximate surface area is 167 Å². The van der Waals surface area contributed by atoms with Crippen LogP contribution in [0.15, 0.2) is 11.6 Å². The summed E-state index contributed by atoms with van der Waals surface area (Å²) in [6.45, 7) is 7.46. The van der Waals surface area contributed by atoms with Crippen molar-refractivity contribution in [1.82, 2.24) is 0 Å². The van der Waals surface area contributed by atoms with Crippen molar-refractivity contribution >= 4 is 5.78 Å². The first-order valence-electron chi connectivity index (χ1n) is 11.2. The molecule has 4 aliphatic carbocycles. The van der Waals surface area contributed by atoms with Gasteiger partial charge in [-0.1, -0.05) is 19.4 Å². The highest BCUT2D eigenvalue weighted by Crippen LogP contribution is 2.68. The Balaban J connectivity index is 1.36. The number of carbonyl (C=O) groups is 1. The number of hydrogen-bond acceptors (Lipinski definition) is 5. The second-order valence-corrected chi connectivity index (χ2v) is 10.5. The number of ether oxygens (including phenoxy) is 4. The van der Waals surface area contributed by atoms with Crippen LogP contribution >= 0.6 is 0 Å². The van der Waals surface area contributed by atoms with Crippen molar-refractivity contribution in [2.24, 2.45) is 28.6 Å². The van der Waals surface area contributed by atoms with Gasteiger partial charge >= 0.3 is 0 Å². The fraction of sp³-hybridized carbons (Fsp3) is 0.870. The highest BCUT2D eigenvalue weighted by molar-refractivity contribution is 5.94. The Morgan fingerprint density at radius 3 is 2.29 bits per heavy atom. The number of carbonyl (C=O) groups excluding carboxylic acids is 1. The normalized spacial score (nSPS) is 48.4. The van der Waals surface area contributed by atoms with Crippen LogP contribution in [0, 0.1) is 28.6 Å². The third-order valence-corrected chi connectivity index (χ3v) is 9.56. The van der Waals surface area contributed by atoms with Gasteiger partial charge in [-0.3, -0.25) is 4.79 Å². The summed E-state index contributed by atoms with van der Waals surface area (Å²) in [5, 5.41) is 0. The Morgan fingerprint density at radius 2 is 1.54 bits per heavy atom. The molecule has 6 rings (SSSR count). The number of rotatable bonds is 0. The van der Waals surface area contributed by atoms with Crippen LogP contribution in [-0.4, -0.2) is 43.8 Å². The van der Waals surface area contributed by atoms with E-state index in [0.29, 0.717) is 44.0 Å². The summed E-state index contributed by atoms with van der Waals surface area (Å²) in [6, 6.07) is 0. The number of ketones is 1. The van der Waals surface area contributed by atoms with Crippen molar-refractivity contribution in [2.45, 2.75) is 70.4 Å². The molecule has 3 saturated carbocycles. The van der Waals surface area contributed by atoms with Crippen LogP contribution in [0.2, 0.25) is 0 Å². The molecule has 0 radical (unpaired) electrons. The van der Waals surface area contributed by atoms with E-state index < -0.39 is 11.6 Å². The molecule has 0 aromatic heterocycles. The molecule has 154 valence electrons. The highest BCUT2D eigenvalue weighted by atomic mass is 16.7. The third-order valence-electron chi connectivity index (χ3n) is 9.56. The van der Waals surface area contributed by atoms with Gasteiger partial charge in [0.25, 0.3) is 0 Å². The zero-order valence-electron chi connectivity index (χ0n) is 17.1. The minimum atomic E-state index is -0.468. The van der Waals surface area contributed by atoms with Gasteiger partial charge < -0.3 is 18.9 Å². The monoisotopic (exact) mass is 388 g/mol. The average molecular weight is 389 g/mol. The van der Waals surface area contributed by atoms with E-state index in [-0.39, 0.29) is 16.7 Å². The number of hydrogen-bond donors (Lipinski definition) is 0. The van der Waals surface area contributed by atoms with Crippen LogP contribution in [0.1, 0.15) is 58.8 Å². The van der Waals surface area contributed by atoms with Crippen molar-refractivity contribution in [3.05, 3.63) is 11.6 Å². The van der Waals surface area contributed by atoms with Crippen LogP contribution in [0.4, 0.5) is 0 Å². The van der Waals surface area contributed by atoms with Crippen LogP contribution in [0.25, 0.3) is 0 Å². The highest BCUT2D eigenvalue weighted by Gasteiger charge is 2.68. The van der Waals surface area contributed by atoms with Gasteiger partial charge in [0.05, 0.1) is 26.4 Å². The molecule has 5 nitrogen and oxygen atoms in total. The van der Waals surface area contributed by atoms with Gasteiger partial charge in [0, 0.05) is 30.6 Å². The Bertz CT molecular complexity index is 731. The largest absolute Gasteiger partial charge is 0.347 e. The van der Waals surface area contributed by atoms with Crippen molar-refractivity contribution in [2.75, 3.05) is 26.4 Å². The molecule has 2 heterocycles. The first kappa shape index (κ1) is 18.1. The van der Waals surface area contributed by atoms with E-state index in [1.165, 1.54) is 5.57 Å². The van der Waals surface area contributed by atoms with Crippen molar-refractivity contribution in [3.8, 4) is 0 Å². The second-order valence-electron chi connectivity index (χ2n) is 10.5. The minimum absolute atomic E-state index is 0.0460. The van der Waals surface area contributed by atoms with Crippen molar-refractivity contribution in [3.63, 3.8) is 0 Å². The molecule has 2 spiro atoms. The van der Waals surface area contributed by atoms with Gasteiger partial charge in [0.1, 0.15) is 0 Å². The molecule has 5 unspecified atom stereocenters. The molecule has 0 bridgehead atoms. The molecular weight excluding hydrogens is 356 g/mol. The molecule has 6 aliphatic rings. The van der Waals surface area contributed by atoms with E-state index in [2.05, 4.69) is 13.8 Å². The molecular formula is C23H32O5. The van der Waals surface area contributed by atoms with Crippen LogP contribution in [0.3, 0.4) is 0 Å². The average Bonchev–Trinajstić information content (AvgIpc) is 3.39. The second kappa shape index (κ2) is 5.69. The van der Waals surface area contributed by atoms with E-state index in [1.54, 1.807) is 0 Å². The predicted octanol–water partition coefficient (Wildman–Crippen LogP) is 3.61. The lowest BCUT2D eigenvalue weighted by atomic mass is 9.47. The van der Waals surface area contributed by atoms with Gasteiger partial charge in [-0.2, -0.15) is 0 Å². The van der Waals surface area contributed by atoms with Crippen LogP contribution in [-0.2, 0) is 23.7 Å². The van der Waals surface area contributed by atoms with E-state index in [4.69, 9.17) is 18.9 Å². The lowest BCUT2D eigenvalue weighted by molar-refractivity contribution is -0.242. The first-order chi connectivity index (χ1) is 13.4. The summed E-state index contributed by atoms with van der Waals surface area (Å²) in [5.41, 5.74) is 1.32. The first-order valence-corrected chi connectivity index (χ1v) is 11.2. The fourth-order valence-electron chi connectivity index (χ4n) is 7.98. The molecule has 28 heavy (non-hydrogen) atoms. The standard InChI is InChI=1S/C23H32O5/c1-20-7-8-22(25-9-10-26-22)14-15(20)13-18(24)19-16(20)3-5-21(2)17(19)4-6-23(21)27-11-12-28-23/h13,16-17,19H,3-12,14H2,1-2H3. The maximum absolute atomic E-state index is 13.5. The van der Waals surface area contributed by atoms with Gasteiger partial charge in [-0.05, 0) is 49.0 Å². The van der Waals surface area contributed by atoms with E-state index in [9.17, 15) is 4.79 Å². The Kier molecular flexibility index (Phi) is 3.67. The molecule has 0 aromatic rings. The quantitative estimate of drug-likeness (QED) is 0.634. The zero-order valence-corrected chi connectivity index (χ0v) is 17.1. The molecule has 5 fully saturated rings. The zero-order chi connectivity index (χ0) is 19.2. The van der Waals surface area contributed by atoms with E-state index in [1.807, 2.05) is 6.08 Å². The summed E-state index contributed by atoms with van der Waals surface area (Å²) < 4.78 is 24.4. The minimum Gasteiger partial charge on any atom is -0.347 e. The van der Waals surface area contributed by atoms with E-state index >= 15 is 0 Å². The SMILES string of the molecule is CC12CCC3(CC1=CC(=O)C1C2CCC2(C)C1CCC21OCCO1)OCCO3. The molecule has 5 atom stereocenters. The van der Waals surface area contributed by atoms with Crippen molar-refractivity contribution < 1.29 is 23.7 Å². The van der Waals surface area contributed by atoms with Gasteiger partial charge in [-0.15, -0.1) is 0 Å². The molecule has 0 amide bonds. The van der Waals surface area contributed by atoms with Crippen molar-refractivity contribution in [1.29, 1.82) is 0 Å². The number of allylic oxidation sites excluding steroid dienone is 1. The Morgan fingerprint density at radius 1 is 0.857 bits per heavy atom. The summed E-state index contributed by atoms with van der Waals surface area (Å²) in [7, 11) is 0.